The molecule has 0 aromatic heterocycles. The summed E-state index contributed by atoms with van der Waals surface area (Å²) < 4.78 is 5.29. The first-order valence-corrected chi connectivity index (χ1v) is 6.84. The molecule has 2 rings (SSSR count). The minimum Gasteiger partial charge on any atom is -0.377 e. The summed E-state index contributed by atoms with van der Waals surface area (Å²) in [4.78, 5) is 36.9. The molecule has 0 fully saturated rings. The maximum atomic E-state index is 12.1. The van der Waals surface area contributed by atoms with Crippen LogP contribution in [0.15, 0.2) is 24.3 Å². The molecule has 0 saturated carbocycles. The summed E-state index contributed by atoms with van der Waals surface area (Å²) in [5.41, 5.74) is 0.692. The summed E-state index contributed by atoms with van der Waals surface area (Å²) in [6.07, 6.45) is 0.0955. The van der Waals surface area contributed by atoms with Gasteiger partial charge in [-0.1, -0.05) is 12.1 Å². The van der Waals surface area contributed by atoms with Crippen molar-refractivity contribution < 1.29 is 19.1 Å². The Morgan fingerprint density at radius 1 is 1.19 bits per heavy atom. The predicted octanol–water partition coefficient (Wildman–Crippen LogP) is 0.824. The fraction of sp³-hybridized carbons (Fsp3) is 0.400. The van der Waals surface area contributed by atoms with Crippen molar-refractivity contribution >= 4 is 17.7 Å². The van der Waals surface area contributed by atoms with Gasteiger partial charge in [-0.15, -0.1) is 0 Å². The zero-order valence-electron chi connectivity index (χ0n) is 12.1. The van der Waals surface area contributed by atoms with Crippen LogP contribution in [0.25, 0.3) is 0 Å². The number of hydrogen-bond donors (Lipinski definition) is 1. The van der Waals surface area contributed by atoms with Crippen LogP contribution in [0.1, 0.15) is 34.6 Å². The molecule has 1 aliphatic rings. The Kier molecular flexibility index (Phi) is 4.70. The van der Waals surface area contributed by atoms with Crippen LogP contribution in [0, 0.1) is 0 Å². The third-order valence-electron chi connectivity index (χ3n) is 3.06. The lowest BCUT2D eigenvalue weighted by molar-refractivity contribution is -0.121. The van der Waals surface area contributed by atoms with E-state index < -0.39 is 11.8 Å². The average molecular weight is 290 g/mol. The van der Waals surface area contributed by atoms with Crippen molar-refractivity contribution in [3.05, 3.63) is 35.4 Å². The van der Waals surface area contributed by atoms with Gasteiger partial charge in [-0.2, -0.15) is 0 Å². The lowest BCUT2D eigenvalue weighted by Gasteiger charge is -2.14. The molecular weight excluding hydrogens is 272 g/mol. The molecule has 1 heterocycles. The van der Waals surface area contributed by atoms with Gasteiger partial charge in [-0.3, -0.25) is 19.3 Å². The summed E-state index contributed by atoms with van der Waals surface area (Å²) in [5, 5.41) is 2.62. The SMILES string of the molecule is CC(C)OCCNC(=O)CN1C(=O)c2ccccc2C1=O. The highest BCUT2D eigenvalue weighted by Gasteiger charge is 2.36. The highest BCUT2D eigenvalue weighted by molar-refractivity contribution is 6.22. The lowest BCUT2D eigenvalue weighted by atomic mass is 10.1. The Labute approximate surface area is 123 Å². The Morgan fingerprint density at radius 3 is 2.29 bits per heavy atom. The summed E-state index contributed by atoms with van der Waals surface area (Å²) in [6, 6.07) is 6.56. The zero-order chi connectivity index (χ0) is 15.4. The van der Waals surface area contributed by atoms with Gasteiger partial charge in [0.1, 0.15) is 6.54 Å². The van der Waals surface area contributed by atoms with Crippen LogP contribution >= 0.6 is 0 Å². The normalized spacial score (nSPS) is 13.8. The molecule has 3 amide bonds. The second kappa shape index (κ2) is 6.49. The molecule has 6 nitrogen and oxygen atoms in total. The fourth-order valence-corrected chi connectivity index (χ4v) is 2.07. The van der Waals surface area contributed by atoms with Crippen molar-refractivity contribution in [3.63, 3.8) is 0 Å². The Hall–Kier alpha value is -2.21. The number of ether oxygens (including phenoxy) is 1. The number of amides is 3. The third-order valence-corrected chi connectivity index (χ3v) is 3.06. The van der Waals surface area contributed by atoms with Crippen molar-refractivity contribution in [3.8, 4) is 0 Å². The molecule has 21 heavy (non-hydrogen) atoms. The highest BCUT2D eigenvalue weighted by Crippen LogP contribution is 2.21. The van der Waals surface area contributed by atoms with Gasteiger partial charge in [-0.05, 0) is 26.0 Å². The quantitative estimate of drug-likeness (QED) is 0.622. The first kappa shape index (κ1) is 15.2. The van der Waals surface area contributed by atoms with Crippen LogP contribution < -0.4 is 5.32 Å². The number of benzene rings is 1. The molecule has 0 saturated heterocycles. The first-order valence-electron chi connectivity index (χ1n) is 6.84. The molecule has 6 heteroatoms. The minimum absolute atomic E-state index is 0.0955. The van der Waals surface area contributed by atoms with E-state index in [0.717, 1.165) is 4.90 Å². The number of carbonyl (C=O) groups excluding carboxylic acids is 3. The maximum absolute atomic E-state index is 12.1. The van der Waals surface area contributed by atoms with Crippen molar-refractivity contribution in [2.75, 3.05) is 19.7 Å². The van der Waals surface area contributed by atoms with Gasteiger partial charge in [0.25, 0.3) is 11.8 Å². The Morgan fingerprint density at radius 2 is 1.76 bits per heavy atom. The Bertz CT molecular complexity index is 534. The molecule has 0 spiro atoms. The number of imide groups is 1. The van der Waals surface area contributed by atoms with Gasteiger partial charge in [0.05, 0.1) is 23.8 Å². The predicted molar refractivity (Wildman–Crippen MR) is 75.9 cm³/mol. The number of rotatable bonds is 6. The van der Waals surface area contributed by atoms with Crippen LogP contribution in [-0.2, 0) is 9.53 Å². The standard InChI is InChI=1S/C15H18N2O4/c1-10(2)21-8-7-16-13(18)9-17-14(19)11-5-3-4-6-12(11)15(17)20/h3-6,10H,7-9H2,1-2H3,(H,16,18). The molecule has 1 N–H and O–H groups in total. The van der Waals surface area contributed by atoms with Crippen molar-refractivity contribution in [2.45, 2.75) is 20.0 Å². The number of hydrogen-bond acceptors (Lipinski definition) is 4. The largest absolute Gasteiger partial charge is 0.377 e. The van der Waals surface area contributed by atoms with Crippen LogP contribution in [0.2, 0.25) is 0 Å². The van der Waals surface area contributed by atoms with E-state index in [1.807, 2.05) is 13.8 Å². The van der Waals surface area contributed by atoms with Crippen molar-refractivity contribution in [1.82, 2.24) is 10.2 Å². The molecule has 0 bridgehead atoms. The van der Waals surface area contributed by atoms with E-state index in [4.69, 9.17) is 4.74 Å². The molecule has 112 valence electrons. The van der Waals surface area contributed by atoms with Gasteiger partial charge in [-0.25, -0.2) is 0 Å². The Balaban J connectivity index is 1.88. The molecule has 0 unspecified atom stereocenters. The fourth-order valence-electron chi connectivity index (χ4n) is 2.07. The van der Waals surface area contributed by atoms with Gasteiger partial charge >= 0.3 is 0 Å². The molecule has 0 atom stereocenters. The zero-order valence-corrected chi connectivity index (χ0v) is 12.1. The smallest absolute Gasteiger partial charge is 0.262 e. The van der Waals surface area contributed by atoms with E-state index in [9.17, 15) is 14.4 Å². The molecule has 1 aromatic rings. The van der Waals surface area contributed by atoms with Gasteiger partial charge < -0.3 is 10.1 Å². The summed E-state index contributed by atoms with van der Waals surface area (Å²) in [5.74, 6) is -1.23. The minimum atomic E-state index is -0.427. The molecule has 0 radical (unpaired) electrons. The topological polar surface area (TPSA) is 75.7 Å². The molecule has 1 aliphatic heterocycles. The van der Waals surface area contributed by atoms with Gasteiger partial charge in [0.2, 0.25) is 5.91 Å². The maximum Gasteiger partial charge on any atom is 0.262 e. The summed E-state index contributed by atoms with van der Waals surface area (Å²) in [7, 11) is 0. The second-order valence-corrected chi connectivity index (χ2v) is 5.01. The highest BCUT2D eigenvalue weighted by atomic mass is 16.5. The monoisotopic (exact) mass is 290 g/mol. The average Bonchev–Trinajstić information content (AvgIpc) is 2.69. The second-order valence-electron chi connectivity index (χ2n) is 5.01. The number of nitrogens with zero attached hydrogens (tertiary/aromatic N) is 1. The van der Waals surface area contributed by atoms with E-state index in [1.165, 1.54) is 0 Å². The van der Waals surface area contributed by atoms with E-state index in [-0.39, 0.29) is 18.6 Å². The molecular formula is C15H18N2O4. The van der Waals surface area contributed by atoms with Crippen LogP contribution in [0.5, 0.6) is 0 Å². The number of carbonyl (C=O) groups is 3. The van der Waals surface area contributed by atoms with E-state index in [0.29, 0.717) is 24.3 Å². The van der Waals surface area contributed by atoms with Crippen LogP contribution in [-0.4, -0.2) is 48.4 Å². The van der Waals surface area contributed by atoms with Crippen LogP contribution in [0.3, 0.4) is 0 Å². The summed E-state index contributed by atoms with van der Waals surface area (Å²) >= 11 is 0. The number of nitrogens with one attached hydrogen (secondary N) is 1. The summed E-state index contributed by atoms with van der Waals surface area (Å²) in [6.45, 7) is 4.28. The molecule has 1 aromatic carbocycles. The van der Waals surface area contributed by atoms with Gasteiger partial charge in [0, 0.05) is 6.54 Å². The van der Waals surface area contributed by atoms with Crippen molar-refractivity contribution in [2.24, 2.45) is 0 Å². The van der Waals surface area contributed by atoms with E-state index in [2.05, 4.69) is 5.32 Å². The van der Waals surface area contributed by atoms with Crippen LogP contribution in [0.4, 0.5) is 0 Å². The van der Waals surface area contributed by atoms with Crippen molar-refractivity contribution in [1.29, 1.82) is 0 Å². The van der Waals surface area contributed by atoms with E-state index >= 15 is 0 Å². The third kappa shape index (κ3) is 3.46. The number of fused-ring (bicyclic) bond motifs is 1. The van der Waals surface area contributed by atoms with E-state index in [1.54, 1.807) is 24.3 Å². The molecule has 0 aliphatic carbocycles. The van der Waals surface area contributed by atoms with Gasteiger partial charge in [0.15, 0.2) is 0 Å². The lowest BCUT2D eigenvalue weighted by Crippen LogP contribution is -2.41. The first-order chi connectivity index (χ1) is 10.0.